The van der Waals surface area contributed by atoms with Crippen molar-refractivity contribution in [2.75, 3.05) is 11.9 Å². The molecule has 3 rings (SSSR count). The van der Waals surface area contributed by atoms with Crippen LogP contribution in [0.3, 0.4) is 0 Å². The molecule has 1 N–H and O–H groups in total. The zero-order chi connectivity index (χ0) is 20.6. The van der Waals surface area contributed by atoms with E-state index in [0.717, 1.165) is 12.0 Å². The fourth-order valence-electron chi connectivity index (χ4n) is 2.71. The van der Waals surface area contributed by atoms with Crippen LogP contribution in [-0.2, 0) is 11.2 Å². The Labute approximate surface area is 169 Å². The number of benzene rings is 3. The van der Waals surface area contributed by atoms with Gasteiger partial charge in [-0.1, -0.05) is 37.3 Å². The molecule has 0 heterocycles. The number of esters is 1. The molecule has 0 atom stereocenters. The molecule has 0 saturated carbocycles. The Morgan fingerprint density at radius 2 is 1.38 bits per heavy atom. The SMILES string of the molecule is CCc1ccc(C(=O)OCC(=O)c2ccc(NC(=O)c3ccccc3)cc2)cc1. The van der Waals surface area contributed by atoms with Gasteiger partial charge in [-0.3, -0.25) is 9.59 Å². The quantitative estimate of drug-likeness (QED) is 0.477. The summed E-state index contributed by atoms with van der Waals surface area (Å²) < 4.78 is 5.11. The predicted molar refractivity (Wildman–Crippen MR) is 111 cm³/mol. The highest BCUT2D eigenvalue weighted by Crippen LogP contribution is 2.13. The van der Waals surface area contributed by atoms with Gasteiger partial charge in [-0.15, -0.1) is 0 Å². The Balaban J connectivity index is 1.54. The highest BCUT2D eigenvalue weighted by atomic mass is 16.5. The average molecular weight is 387 g/mol. The van der Waals surface area contributed by atoms with Gasteiger partial charge >= 0.3 is 5.97 Å². The molecule has 0 radical (unpaired) electrons. The second kappa shape index (κ2) is 9.46. The maximum absolute atomic E-state index is 12.3. The number of hydrogen-bond donors (Lipinski definition) is 1. The van der Waals surface area contributed by atoms with Crippen molar-refractivity contribution in [3.63, 3.8) is 0 Å². The van der Waals surface area contributed by atoms with Gasteiger partial charge < -0.3 is 10.1 Å². The number of nitrogens with one attached hydrogen (secondary N) is 1. The Kier molecular flexibility index (Phi) is 6.53. The van der Waals surface area contributed by atoms with Crippen LogP contribution in [-0.4, -0.2) is 24.3 Å². The van der Waals surface area contributed by atoms with Crippen molar-refractivity contribution in [3.8, 4) is 0 Å². The lowest BCUT2D eigenvalue weighted by atomic mass is 10.1. The molecule has 5 nitrogen and oxygen atoms in total. The molecule has 5 heteroatoms. The van der Waals surface area contributed by atoms with Crippen molar-refractivity contribution < 1.29 is 19.1 Å². The normalized spacial score (nSPS) is 10.2. The van der Waals surface area contributed by atoms with Gasteiger partial charge in [-0.05, 0) is 60.5 Å². The molecule has 0 saturated heterocycles. The minimum atomic E-state index is -0.534. The Morgan fingerprint density at radius 1 is 0.759 bits per heavy atom. The summed E-state index contributed by atoms with van der Waals surface area (Å²) in [7, 11) is 0. The first-order valence-corrected chi connectivity index (χ1v) is 9.32. The van der Waals surface area contributed by atoms with Gasteiger partial charge in [0.25, 0.3) is 5.91 Å². The molecule has 0 aromatic heterocycles. The van der Waals surface area contributed by atoms with E-state index in [2.05, 4.69) is 5.32 Å². The first-order chi connectivity index (χ1) is 14.1. The maximum Gasteiger partial charge on any atom is 0.338 e. The monoisotopic (exact) mass is 387 g/mol. The highest BCUT2D eigenvalue weighted by Gasteiger charge is 2.12. The van der Waals surface area contributed by atoms with Gasteiger partial charge in [0, 0.05) is 16.8 Å². The number of amides is 1. The molecule has 29 heavy (non-hydrogen) atoms. The summed E-state index contributed by atoms with van der Waals surface area (Å²) in [6.07, 6.45) is 0.885. The van der Waals surface area contributed by atoms with Gasteiger partial charge in [0.15, 0.2) is 12.4 Å². The number of ether oxygens (including phenoxy) is 1. The average Bonchev–Trinajstić information content (AvgIpc) is 2.78. The van der Waals surface area contributed by atoms with Gasteiger partial charge in [-0.25, -0.2) is 4.79 Å². The first kappa shape index (κ1) is 20.0. The van der Waals surface area contributed by atoms with Crippen LogP contribution in [0.1, 0.15) is 43.6 Å². The summed E-state index contributed by atoms with van der Waals surface area (Å²) in [5.74, 6) is -1.08. The third-order valence-electron chi connectivity index (χ3n) is 4.43. The summed E-state index contributed by atoms with van der Waals surface area (Å²) in [6.45, 7) is 1.69. The van der Waals surface area contributed by atoms with Crippen LogP contribution in [0.25, 0.3) is 0 Å². The first-order valence-electron chi connectivity index (χ1n) is 9.32. The van der Waals surface area contributed by atoms with Crippen molar-refractivity contribution >= 4 is 23.3 Å². The molecule has 0 spiro atoms. The number of aryl methyl sites for hydroxylation is 1. The minimum Gasteiger partial charge on any atom is -0.454 e. The summed E-state index contributed by atoms with van der Waals surface area (Å²) in [4.78, 5) is 36.5. The van der Waals surface area contributed by atoms with Crippen LogP contribution in [0.5, 0.6) is 0 Å². The topological polar surface area (TPSA) is 72.5 Å². The molecule has 0 bridgehead atoms. The van der Waals surface area contributed by atoms with E-state index in [1.807, 2.05) is 25.1 Å². The summed E-state index contributed by atoms with van der Waals surface area (Å²) in [6, 6.07) is 22.4. The van der Waals surface area contributed by atoms with Crippen LogP contribution in [0.2, 0.25) is 0 Å². The third-order valence-corrected chi connectivity index (χ3v) is 4.43. The van der Waals surface area contributed by atoms with E-state index >= 15 is 0 Å². The largest absolute Gasteiger partial charge is 0.454 e. The lowest BCUT2D eigenvalue weighted by Crippen LogP contribution is -2.15. The van der Waals surface area contributed by atoms with E-state index < -0.39 is 5.97 Å². The Hall–Kier alpha value is -3.73. The molecule has 0 aliphatic rings. The second-order valence-corrected chi connectivity index (χ2v) is 6.45. The van der Waals surface area contributed by atoms with E-state index in [9.17, 15) is 14.4 Å². The molecule has 0 fully saturated rings. The molecule has 3 aromatic carbocycles. The number of carbonyl (C=O) groups excluding carboxylic acids is 3. The van der Waals surface area contributed by atoms with Crippen molar-refractivity contribution in [1.29, 1.82) is 0 Å². The summed E-state index contributed by atoms with van der Waals surface area (Å²) in [5, 5.41) is 2.77. The van der Waals surface area contributed by atoms with E-state index in [0.29, 0.717) is 22.4 Å². The smallest absolute Gasteiger partial charge is 0.338 e. The Morgan fingerprint density at radius 3 is 2.00 bits per heavy atom. The number of carbonyl (C=O) groups is 3. The Bertz CT molecular complexity index is 993. The summed E-state index contributed by atoms with van der Waals surface area (Å²) in [5.41, 5.74) is 3.05. The van der Waals surface area contributed by atoms with Crippen LogP contribution in [0.15, 0.2) is 78.9 Å². The lowest BCUT2D eigenvalue weighted by Gasteiger charge is -2.07. The van der Waals surface area contributed by atoms with Crippen molar-refractivity contribution in [2.24, 2.45) is 0 Å². The van der Waals surface area contributed by atoms with Crippen LogP contribution >= 0.6 is 0 Å². The molecule has 3 aromatic rings. The molecule has 1 amide bonds. The van der Waals surface area contributed by atoms with Crippen LogP contribution in [0, 0.1) is 0 Å². The zero-order valence-corrected chi connectivity index (χ0v) is 16.1. The van der Waals surface area contributed by atoms with Crippen LogP contribution in [0.4, 0.5) is 5.69 Å². The van der Waals surface area contributed by atoms with E-state index in [1.165, 1.54) is 0 Å². The standard InChI is InChI=1S/C24H21NO4/c1-2-17-8-10-20(11-9-17)24(28)29-16-22(26)18-12-14-21(15-13-18)25-23(27)19-6-4-3-5-7-19/h3-15H,2,16H2,1H3,(H,25,27). The molecule has 0 unspecified atom stereocenters. The van der Waals surface area contributed by atoms with E-state index in [-0.39, 0.29) is 18.3 Å². The molecule has 0 aliphatic carbocycles. The van der Waals surface area contributed by atoms with Crippen molar-refractivity contribution in [1.82, 2.24) is 0 Å². The van der Waals surface area contributed by atoms with Gasteiger partial charge in [0.2, 0.25) is 0 Å². The molecular weight excluding hydrogens is 366 g/mol. The number of ketones is 1. The van der Waals surface area contributed by atoms with Crippen LogP contribution < -0.4 is 5.32 Å². The molecular formula is C24H21NO4. The minimum absolute atomic E-state index is 0.229. The van der Waals surface area contributed by atoms with Gasteiger partial charge in [-0.2, -0.15) is 0 Å². The molecule has 146 valence electrons. The molecule has 0 aliphatic heterocycles. The number of hydrogen-bond acceptors (Lipinski definition) is 4. The third kappa shape index (κ3) is 5.39. The van der Waals surface area contributed by atoms with E-state index in [4.69, 9.17) is 4.74 Å². The number of anilines is 1. The van der Waals surface area contributed by atoms with Gasteiger partial charge in [0.1, 0.15) is 0 Å². The van der Waals surface area contributed by atoms with Crippen molar-refractivity contribution in [2.45, 2.75) is 13.3 Å². The van der Waals surface area contributed by atoms with Crippen molar-refractivity contribution in [3.05, 3.63) is 101 Å². The fourth-order valence-corrected chi connectivity index (χ4v) is 2.71. The number of rotatable bonds is 7. The lowest BCUT2D eigenvalue weighted by molar-refractivity contribution is 0.0474. The maximum atomic E-state index is 12.3. The van der Waals surface area contributed by atoms with Gasteiger partial charge in [0.05, 0.1) is 5.56 Å². The second-order valence-electron chi connectivity index (χ2n) is 6.45. The number of Topliss-reactive ketones (excluding diaryl/α,β-unsaturated/α-hetero) is 1. The zero-order valence-electron chi connectivity index (χ0n) is 16.1. The summed E-state index contributed by atoms with van der Waals surface area (Å²) >= 11 is 0. The van der Waals surface area contributed by atoms with E-state index in [1.54, 1.807) is 60.7 Å². The predicted octanol–water partition coefficient (Wildman–Crippen LogP) is 4.54. The highest BCUT2D eigenvalue weighted by molar-refractivity contribution is 6.04. The fraction of sp³-hybridized carbons (Fsp3) is 0.125.